The minimum atomic E-state index is -3.42. The fourth-order valence-corrected chi connectivity index (χ4v) is 4.37. The lowest BCUT2D eigenvalue weighted by atomic mass is 10.0. The molecule has 0 fully saturated rings. The third kappa shape index (κ3) is 2.45. The van der Waals surface area contributed by atoms with E-state index in [9.17, 15) is 4.57 Å². The summed E-state index contributed by atoms with van der Waals surface area (Å²) in [5, 5.41) is 7.35. The molecule has 1 aromatic rings. The van der Waals surface area contributed by atoms with Crippen LogP contribution in [0, 0.1) is 5.92 Å². The lowest BCUT2D eigenvalue weighted by Gasteiger charge is -2.34. The van der Waals surface area contributed by atoms with E-state index in [4.69, 9.17) is 9.05 Å². The Labute approximate surface area is 113 Å². The number of hydrogen-bond acceptors (Lipinski definition) is 5. The van der Waals surface area contributed by atoms with Gasteiger partial charge in [-0.15, -0.1) is 0 Å². The monoisotopic (exact) mass is 282 g/mol. The quantitative estimate of drug-likeness (QED) is 0.763. The van der Waals surface area contributed by atoms with Crippen molar-refractivity contribution in [3.63, 3.8) is 0 Å². The average Bonchev–Trinajstić information content (AvgIpc) is 2.91. The molecule has 1 aliphatic heterocycles. The van der Waals surface area contributed by atoms with E-state index in [2.05, 4.69) is 10.2 Å². The molecule has 0 bridgehead atoms. The molecule has 1 heterocycles. The molecule has 2 unspecified atom stereocenters. The molecule has 0 saturated heterocycles. The van der Waals surface area contributed by atoms with Crippen molar-refractivity contribution in [1.82, 2.24) is 0 Å². The summed E-state index contributed by atoms with van der Waals surface area (Å²) in [6.45, 7) is 4.48. The van der Waals surface area contributed by atoms with Gasteiger partial charge in [0.1, 0.15) is 5.75 Å². The molecule has 0 saturated carbocycles. The number of rotatable bonds is 5. The van der Waals surface area contributed by atoms with Gasteiger partial charge < -0.3 is 9.05 Å². The summed E-state index contributed by atoms with van der Waals surface area (Å²) >= 11 is 0. The zero-order valence-corrected chi connectivity index (χ0v) is 12.3. The maximum absolute atomic E-state index is 13.1. The lowest BCUT2D eigenvalue weighted by molar-refractivity contribution is 0.261. The first-order valence-electron chi connectivity index (χ1n) is 6.33. The topological polar surface area (TPSA) is 60.2 Å². The van der Waals surface area contributed by atoms with Gasteiger partial charge in [0.15, 0.2) is 5.28 Å². The van der Waals surface area contributed by atoms with E-state index in [0.717, 1.165) is 0 Å². The van der Waals surface area contributed by atoms with Crippen molar-refractivity contribution in [2.75, 3.05) is 13.7 Å². The number of azo groups is 1. The van der Waals surface area contributed by atoms with Gasteiger partial charge in [0.25, 0.3) is 0 Å². The summed E-state index contributed by atoms with van der Waals surface area (Å²) in [6, 6.07) is 9.04. The average molecular weight is 282 g/mol. The molecule has 1 aliphatic rings. The Morgan fingerprint density at radius 1 is 1.32 bits per heavy atom. The van der Waals surface area contributed by atoms with Crippen molar-refractivity contribution >= 4 is 7.60 Å². The first-order chi connectivity index (χ1) is 9.04. The van der Waals surface area contributed by atoms with Crippen LogP contribution in [0.15, 0.2) is 40.6 Å². The zero-order chi connectivity index (χ0) is 13.9. The van der Waals surface area contributed by atoms with Gasteiger partial charge in [-0.2, -0.15) is 10.2 Å². The molecule has 2 atom stereocenters. The summed E-state index contributed by atoms with van der Waals surface area (Å²) < 4.78 is 24.1. The van der Waals surface area contributed by atoms with Gasteiger partial charge in [0, 0.05) is 13.5 Å². The van der Waals surface area contributed by atoms with Crippen LogP contribution < -0.4 is 4.52 Å². The minimum Gasteiger partial charge on any atom is -0.423 e. The predicted octanol–water partition coefficient (Wildman–Crippen LogP) is 4.11. The Balaban J connectivity index is 2.36. The third-order valence-corrected chi connectivity index (χ3v) is 6.14. The highest BCUT2D eigenvalue weighted by Gasteiger charge is 2.56. The summed E-state index contributed by atoms with van der Waals surface area (Å²) in [4.78, 5) is 0. The van der Waals surface area contributed by atoms with E-state index in [1.165, 1.54) is 7.11 Å². The van der Waals surface area contributed by atoms with Crippen LogP contribution in [0.25, 0.3) is 0 Å². The van der Waals surface area contributed by atoms with E-state index in [1.807, 2.05) is 32.0 Å². The molecule has 5 nitrogen and oxygen atoms in total. The van der Waals surface area contributed by atoms with Gasteiger partial charge >= 0.3 is 7.60 Å². The second kappa shape index (κ2) is 5.43. The minimum absolute atomic E-state index is 0.0215. The van der Waals surface area contributed by atoms with Gasteiger partial charge in [0.05, 0.1) is 6.54 Å². The highest BCUT2D eigenvalue weighted by molar-refractivity contribution is 7.56. The maximum Gasteiger partial charge on any atom is 0.408 e. The van der Waals surface area contributed by atoms with Gasteiger partial charge in [-0.1, -0.05) is 32.0 Å². The van der Waals surface area contributed by atoms with Crippen molar-refractivity contribution in [3.8, 4) is 5.75 Å². The Morgan fingerprint density at radius 2 is 2.00 bits per heavy atom. The molecule has 6 heteroatoms. The van der Waals surface area contributed by atoms with E-state index >= 15 is 0 Å². The Morgan fingerprint density at radius 3 is 2.47 bits per heavy atom. The molecule has 104 valence electrons. The van der Waals surface area contributed by atoms with E-state index in [0.29, 0.717) is 18.7 Å². The first kappa shape index (κ1) is 14.2. The highest BCUT2D eigenvalue weighted by atomic mass is 31.2. The van der Waals surface area contributed by atoms with Crippen LogP contribution in [0.4, 0.5) is 0 Å². The Kier molecular flexibility index (Phi) is 4.07. The molecule has 2 rings (SSSR count). The number of benzene rings is 1. The van der Waals surface area contributed by atoms with Crippen LogP contribution in [0.5, 0.6) is 5.75 Å². The second-order valence-corrected chi connectivity index (χ2v) is 7.15. The van der Waals surface area contributed by atoms with Gasteiger partial charge in [-0.3, -0.25) is 0 Å². The van der Waals surface area contributed by atoms with E-state index in [-0.39, 0.29) is 5.92 Å². The summed E-state index contributed by atoms with van der Waals surface area (Å²) in [5.74, 6) is 0.544. The molecular formula is C13H19N2O3P. The summed E-state index contributed by atoms with van der Waals surface area (Å²) in [6.07, 6.45) is 0.586. The van der Waals surface area contributed by atoms with E-state index < -0.39 is 12.9 Å². The van der Waals surface area contributed by atoms with Crippen molar-refractivity contribution in [2.45, 2.75) is 25.5 Å². The number of hydrogen-bond donors (Lipinski definition) is 0. The van der Waals surface area contributed by atoms with Crippen molar-refractivity contribution < 1.29 is 13.6 Å². The zero-order valence-electron chi connectivity index (χ0n) is 11.4. The Hall–Kier alpha value is -1.19. The smallest absolute Gasteiger partial charge is 0.408 e. The number of nitrogens with zero attached hydrogens (tertiary/aromatic N) is 2. The largest absolute Gasteiger partial charge is 0.423 e. The van der Waals surface area contributed by atoms with Crippen molar-refractivity contribution in [1.29, 1.82) is 0 Å². The molecule has 0 aromatic heterocycles. The fourth-order valence-electron chi connectivity index (χ4n) is 2.24. The predicted molar refractivity (Wildman–Crippen MR) is 73.6 cm³/mol. The molecule has 0 radical (unpaired) electrons. The van der Waals surface area contributed by atoms with Crippen LogP contribution in [0.3, 0.4) is 0 Å². The van der Waals surface area contributed by atoms with Crippen LogP contribution in [-0.2, 0) is 9.09 Å². The van der Waals surface area contributed by atoms with Crippen molar-refractivity contribution in [2.24, 2.45) is 16.1 Å². The van der Waals surface area contributed by atoms with Crippen molar-refractivity contribution in [3.05, 3.63) is 30.3 Å². The molecule has 0 aliphatic carbocycles. The van der Waals surface area contributed by atoms with Gasteiger partial charge in [-0.05, 0) is 18.1 Å². The molecular weight excluding hydrogens is 263 g/mol. The van der Waals surface area contributed by atoms with Crippen LogP contribution in [0.2, 0.25) is 0 Å². The SMILES string of the molecule is COP(=O)(Oc1ccccc1)C1(C(C)C)CCN=N1. The second-order valence-electron chi connectivity index (χ2n) is 4.83. The van der Waals surface area contributed by atoms with Gasteiger partial charge in [0.2, 0.25) is 0 Å². The molecule has 0 amide bonds. The van der Waals surface area contributed by atoms with Crippen LogP contribution >= 0.6 is 7.60 Å². The maximum atomic E-state index is 13.1. The molecule has 0 N–H and O–H groups in total. The molecule has 0 spiro atoms. The number of para-hydroxylation sites is 1. The van der Waals surface area contributed by atoms with E-state index in [1.54, 1.807) is 12.1 Å². The lowest BCUT2D eigenvalue weighted by Crippen LogP contribution is -2.33. The Bertz CT molecular complexity index is 504. The van der Waals surface area contributed by atoms with Crippen LogP contribution in [0.1, 0.15) is 20.3 Å². The summed E-state index contributed by atoms with van der Waals surface area (Å²) in [7, 11) is -2.01. The third-order valence-electron chi connectivity index (χ3n) is 3.43. The normalized spacial score (nSPS) is 25.5. The molecule has 19 heavy (non-hydrogen) atoms. The first-order valence-corrected chi connectivity index (χ1v) is 7.87. The standard InChI is InChI=1S/C13H19N2O3P/c1-11(2)13(9-10-14-15-13)19(16,17-3)18-12-7-5-4-6-8-12/h4-8,11H,9-10H2,1-3H3. The molecule has 1 aromatic carbocycles. The van der Waals surface area contributed by atoms with Crippen LogP contribution in [-0.4, -0.2) is 18.9 Å². The highest BCUT2D eigenvalue weighted by Crippen LogP contribution is 2.65. The van der Waals surface area contributed by atoms with Gasteiger partial charge in [-0.25, -0.2) is 4.57 Å². The summed E-state index contributed by atoms with van der Waals surface area (Å²) in [5.41, 5.74) is 0. The fraction of sp³-hybridized carbons (Fsp3) is 0.538.